The van der Waals surface area contributed by atoms with Crippen molar-refractivity contribution in [1.29, 1.82) is 0 Å². The Morgan fingerprint density at radius 2 is 1.32 bits per heavy atom. The molecule has 0 spiro atoms. The molecule has 6 nitrogen and oxygen atoms in total. The fourth-order valence-corrected chi connectivity index (χ4v) is 3.02. The zero-order valence-electron chi connectivity index (χ0n) is 12.9. The third-order valence-electron chi connectivity index (χ3n) is 3.54. The highest BCUT2D eigenvalue weighted by molar-refractivity contribution is 7.46. The largest absolute Gasteiger partial charge is 0.524 e. The van der Waals surface area contributed by atoms with E-state index >= 15 is 0 Å². The van der Waals surface area contributed by atoms with E-state index in [2.05, 4.69) is 0 Å². The van der Waals surface area contributed by atoms with Crippen molar-refractivity contribution in [2.24, 2.45) is 0 Å². The molecular formula is C18H15O6P. The quantitative estimate of drug-likeness (QED) is 0.527. The number of phenols is 2. The second-order valence-electron chi connectivity index (χ2n) is 5.36. The van der Waals surface area contributed by atoms with Crippen molar-refractivity contribution in [2.45, 2.75) is 0 Å². The van der Waals surface area contributed by atoms with Crippen molar-refractivity contribution in [1.82, 2.24) is 0 Å². The number of phosphoric ester groups is 1. The molecule has 128 valence electrons. The summed E-state index contributed by atoms with van der Waals surface area (Å²) in [6.07, 6.45) is 0. The van der Waals surface area contributed by atoms with Gasteiger partial charge in [0.15, 0.2) is 0 Å². The Labute approximate surface area is 143 Å². The second kappa shape index (κ2) is 6.61. The van der Waals surface area contributed by atoms with Gasteiger partial charge in [0, 0.05) is 5.56 Å². The van der Waals surface area contributed by atoms with Crippen LogP contribution in [0.5, 0.6) is 17.2 Å². The Kier molecular flexibility index (Phi) is 4.51. The van der Waals surface area contributed by atoms with Crippen molar-refractivity contribution in [2.75, 3.05) is 0 Å². The van der Waals surface area contributed by atoms with Gasteiger partial charge in [-0.15, -0.1) is 0 Å². The van der Waals surface area contributed by atoms with E-state index in [1.54, 1.807) is 36.4 Å². The number of phenolic OH excluding ortho intramolecular Hbond substituents is 2. The maximum absolute atomic E-state index is 11.3. The molecule has 0 saturated carbocycles. The van der Waals surface area contributed by atoms with Crippen molar-refractivity contribution in [3.8, 4) is 39.5 Å². The lowest BCUT2D eigenvalue weighted by Crippen LogP contribution is -1.95. The maximum atomic E-state index is 11.3. The van der Waals surface area contributed by atoms with Gasteiger partial charge in [-0.25, -0.2) is 4.57 Å². The van der Waals surface area contributed by atoms with E-state index in [4.69, 9.17) is 4.52 Å². The number of rotatable bonds is 4. The van der Waals surface area contributed by atoms with Crippen LogP contribution in [0.4, 0.5) is 0 Å². The Balaban J connectivity index is 2.28. The SMILES string of the molecule is O=P(O)(O)Oc1cccc(-c2cccc(O)c2)c1-c1cccc(O)c1. The molecule has 3 aromatic carbocycles. The van der Waals surface area contributed by atoms with Crippen LogP contribution in [0.15, 0.2) is 66.7 Å². The van der Waals surface area contributed by atoms with Gasteiger partial charge in [-0.3, -0.25) is 9.79 Å². The number of hydrogen-bond acceptors (Lipinski definition) is 4. The molecule has 0 bridgehead atoms. The Morgan fingerprint density at radius 1 is 0.760 bits per heavy atom. The summed E-state index contributed by atoms with van der Waals surface area (Å²) in [5.41, 5.74) is 2.14. The van der Waals surface area contributed by atoms with Crippen molar-refractivity contribution >= 4 is 7.82 Å². The summed E-state index contributed by atoms with van der Waals surface area (Å²) < 4.78 is 16.2. The molecule has 0 radical (unpaired) electrons. The molecule has 4 N–H and O–H groups in total. The van der Waals surface area contributed by atoms with Gasteiger partial charge in [0.25, 0.3) is 0 Å². The summed E-state index contributed by atoms with van der Waals surface area (Å²) in [5.74, 6) is 0.0331. The molecule has 0 aliphatic heterocycles. The van der Waals surface area contributed by atoms with Gasteiger partial charge >= 0.3 is 7.82 Å². The van der Waals surface area contributed by atoms with Crippen LogP contribution in [0.25, 0.3) is 22.3 Å². The summed E-state index contributed by atoms with van der Waals surface area (Å²) >= 11 is 0. The third-order valence-corrected chi connectivity index (χ3v) is 3.97. The van der Waals surface area contributed by atoms with Crippen molar-refractivity contribution < 1.29 is 29.1 Å². The number of aromatic hydroxyl groups is 2. The molecule has 0 aromatic heterocycles. The van der Waals surface area contributed by atoms with Crippen molar-refractivity contribution in [3.05, 3.63) is 66.7 Å². The van der Waals surface area contributed by atoms with E-state index in [1.807, 2.05) is 0 Å². The van der Waals surface area contributed by atoms with Crippen LogP contribution in [-0.4, -0.2) is 20.0 Å². The summed E-state index contributed by atoms with van der Waals surface area (Å²) in [6.45, 7) is 0. The molecule has 0 heterocycles. The maximum Gasteiger partial charge on any atom is 0.524 e. The zero-order valence-corrected chi connectivity index (χ0v) is 13.8. The Hall–Kier alpha value is -2.79. The van der Waals surface area contributed by atoms with E-state index in [0.717, 1.165) is 0 Å². The third kappa shape index (κ3) is 4.00. The molecule has 25 heavy (non-hydrogen) atoms. The first-order valence-electron chi connectivity index (χ1n) is 7.30. The first-order valence-corrected chi connectivity index (χ1v) is 8.83. The number of hydrogen-bond donors (Lipinski definition) is 4. The average Bonchev–Trinajstić information content (AvgIpc) is 2.53. The summed E-state index contributed by atoms with van der Waals surface area (Å²) in [4.78, 5) is 18.4. The minimum atomic E-state index is -4.78. The molecule has 7 heteroatoms. The van der Waals surface area contributed by atoms with Crippen LogP contribution in [0.3, 0.4) is 0 Å². The van der Waals surface area contributed by atoms with Gasteiger partial charge in [0.2, 0.25) is 0 Å². The molecular weight excluding hydrogens is 343 g/mol. The van der Waals surface area contributed by atoms with Gasteiger partial charge in [-0.2, -0.15) is 0 Å². The normalized spacial score (nSPS) is 11.3. The van der Waals surface area contributed by atoms with Crippen LogP contribution in [0.2, 0.25) is 0 Å². The van der Waals surface area contributed by atoms with Crippen LogP contribution >= 0.6 is 7.82 Å². The summed E-state index contributed by atoms with van der Waals surface area (Å²) in [6, 6.07) is 17.5. The molecule has 0 saturated heterocycles. The molecule has 0 atom stereocenters. The van der Waals surface area contributed by atoms with Crippen LogP contribution < -0.4 is 4.52 Å². The van der Waals surface area contributed by atoms with E-state index in [0.29, 0.717) is 22.3 Å². The first kappa shape index (κ1) is 17.0. The summed E-state index contributed by atoms with van der Waals surface area (Å²) in [5, 5.41) is 19.5. The predicted molar refractivity (Wildman–Crippen MR) is 93.3 cm³/mol. The van der Waals surface area contributed by atoms with Crippen molar-refractivity contribution in [3.63, 3.8) is 0 Å². The van der Waals surface area contributed by atoms with Crippen LogP contribution in [0.1, 0.15) is 0 Å². The van der Waals surface area contributed by atoms with Crippen LogP contribution in [0, 0.1) is 0 Å². The fourth-order valence-electron chi connectivity index (χ4n) is 2.61. The Morgan fingerprint density at radius 3 is 1.92 bits per heavy atom. The van der Waals surface area contributed by atoms with Gasteiger partial charge in [0.05, 0.1) is 0 Å². The van der Waals surface area contributed by atoms with Gasteiger partial charge in [-0.1, -0.05) is 36.4 Å². The standard InChI is InChI=1S/C18H15O6P/c19-14-6-1-4-12(10-14)16-8-3-9-17(24-25(21,22)23)18(16)13-5-2-7-15(20)11-13/h1-11,19-20H,(H2,21,22,23). The topological polar surface area (TPSA) is 107 Å². The van der Waals surface area contributed by atoms with E-state index in [-0.39, 0.29) is 17.2 Å². The molecule has 3 rings (SSSR count). The predicted octanol–water partition coefficient (Wildman–Crippen LogP) is 3.90. The molecule has 0 unspecified atom stereocenters. The number of phosphoric acid groups is 1. The molecule has 0 fully saturated rings. The highest BCUT2D eigenvalue weighted by Gasteiger charge is 2.21. The average molecular weight is 358 g/mol. The minimum absolute atomic E-state index is 0.00495. The minimum Gasteiger partial charge on any atom is -0.508 e. The lowest BCUT2D eigenvalue weighted by molar-refractivity contribution is 0.283. The van der Waals surface area contributed by atoms with Crippen LogP contribution in [-0.2, 0) is 4.57 Å². The number of benzene rings is 3. The second-order valence-corrected chi connectivity index (χ2v) is 6.52. The van der Waals surface area contributed by atoms with E-state index in [1.165, 1.54) is 30.3 Å². The monoisotopic (exact) mass is 358 g/mol. The first-order chi connectivity index (χ1) is 11.8. The highest BCUT2D eigenvalue weighted by Crippen LogP contribution is 2.46. The molecule has 0 aliphatic carbocycles. The smallest absolute Gasteiger partial charge is 0.508 e. The van der Waals surface area contributed by atoms with Gasteiger partial charge < -0.3 is 14.7 Å². The van der Waals surface area contributed by atoms with Gasteiger partial charge in [0.1, 0.15) is 17.2 Å². The molecule has 3 aromatic rings. The molecule has 0 amide bonds. The van der Waals surface area contributed by atoms with E-state index in [9.17, 15) is 24.6 Å². The fraction of sp³-hybridized carbons (Fsp3) is 0. The van der Waals surface area contributed by atoms with Gasteiger partial charge in [-0.05, 0) is 47.0 Å². The lowest BCUT2D eigenvalue weighted by atomic mass is 9.93. The highest BCUT2D eigenvalue weighted by atomic mass is 31.2. The molecule has 0 aliphatic rings. The Bertz CT molecular complexity index is 963. The zero-order chi connectivity index (χ0) is 18.0. The van der Waals surface area contributed by atoms with E-state index < -0.39 is 7.82 Å². The summed E-state index contributed by atoms with van der Waals surface area (Å²) in [7, 11) is -4.78. The lowest BCUT2D eigenvalue weighted by Gasteiger charge is -2.17.